The van der Waals surface area contributed by atoms with Gasteiger partial charge in [-0.25, -0.2) is 0 Å². The van der Waals surface area contributed by atoms with E-state index < -0.39 is 0 Å². The summed E-state index contributed by atoms with van der Waals surface area (Å²) in [7, 11) is 4.22. The first-order valence-electron chi connectivity index (χ1n) is 7.31. The van der Waals surface area contributed by atoms with E-state index in [0.29, 0.717) is 6.04 Å². The maximum absolute atomic E-state index is 6.39. The smallest absolute Gasteiger partial charge is 0.124 e. The predicted octanol–water partition coefficient (Wildman–Crippen LogP) is 3.32. The van der Waals surface area contributed by atoms with E-state index in [4.69, 9.17) is 16.3 Å². The molecule has 1 aliphatic rings. The van der Waals surface area contributed by atoms with Gasteiger partial charge in [-0.1, -0.05) is 11.6 Å². The number of rotatable bonds is 5. The number of nitrogens with zero attached hydrogens (tertiary/aromatic N) is 1. The second kappa shape index (κ2) is 6.79. The minimum atomic E-state index is 0.360. The Morgan fingerprint density at radius 1 is 1.40 bits per heavy atom. The summed E-state index contributed by atoms with van der Waals surface area (Å²) in [4.78, 5) is 2.21. The molecule has 4 heteroatoms. The van der Waals surface area contributed by atoms with E-state index in [2.05, 4.69) is 37.3 Å². The first-order chi connectivity index (χ1) is 9.50. The molecule has 0 spiro atoms. The number of ether oxygens (including phenoxy) is 1. The van der Waals surface area contributed by atoms with Crippen LogP contribution in [0, 0.1) is 13.8 Å². The average molecular weight is 297 g/mol. The van der Waals surface area contributed by atoms with E-state index >= 15 is 0 Å². The molecule has 0 aromatic heterocycles. The summed E-state index contributed by atoms with van der Waals surface area (Å²) in [6.45, 7) is 7.03. The fourth-order valence-electron chi connectivity index (χ4n) is 2.80. The Bertz CT molecular complexity index is 474. The lowest BCUT2D eigenvalue weighted by Crippen LogP contribution is -2.30. The molecule has 0 bridgehead atoms. The van der Waals surface area contributed by atoms with Crippen molar-refractivity contribution >= 4 is 11.6 Å². The molecule has 1 N–H and O–H groups in total. The van der Waals surface area contributed by atoms with Crippen molar-refractivity contribution < 1.29 is 4.74 Å². The summed E-state index contributed by atoms with van der Waals surface area (Å²) in [5.41, 5.74) is 3.50. The molecule has 20 heavy (non-hydrogen) atoms. The third-order valence-corrected chi connectivity index (χ3v) is 4.46. The molecule has 1 aromatic rings. The maximum atomic E-state index is 6.39. The SMILES string of the molecule is Cc1cc2c(c(C)c1Cl)C(NCCCN(C)C)CCO2. The van der Waals surface area contributed by atoms with Crippen molar-refractivity contribution in [3.63, 3.8) is 0 Å². The zero-order valence-electron chi connectivity index (χ0n) is 12.9. The molecule has 112 valence electrons. The Labute approximate surface area is 127 Å². The number of benzene rings is 1. The van der Waals surface area contributed by atoms with Gasteiger partial charge in [-0.2, -0.15) is 0 Å². The molecule has 0 fully saturated rings. The van der Waals surface area contributed by atoms with Crippen LogP contribution in [0.15, 0.2) is 6.07 Å². The Morgan fingerprint density at radius 2 is 2.15 bits per heavy atom. The van der Waals surface area contributed by atoms with Gasteiger partial charge >= 0.3 is 0 Å². The van der Waals surface area contributed by atoms with Gasteiger partial charge in [-0.3, -0.25) is 0 Å². The predicted molar refractivity (Wildman–Crippen MR) is 85.0 cm³/mol. The van der Waals surface area contributed by atoms with Crippen LogP contribution in [0.5, 0.6) is 5.75 Å². The van der Waals surface area contributed by atoms with Crippen molar-refractivity contribution in [2.24, 2.45) is 0 Å². The molecule has 0 saturated heterocycles. The number of hydrogen-bond acceptors (Lipinski definition) is 3. The van der Waals surface area contributed by atoms with Gasteiger partial charge in [-0.05, 0) is 64.6 Å². The highest BCUT2D eigenvalue weighted by Crippen LogP contribution is 2.39. The summed E-state index contributed by atoms with van der Waals surface area (Å²) >= 11 is 6.39. The highest BCUT2D eigenvalue weighted by molar-refractivity contribution is 6.32. The standard InChI is InChI=1S/C16H25ClN2O/c1-11-10-14-15(12(2)16(11)17)13(6-9-20-14)18-7-5-8-19(3)4/h10,13,18H,5-9H2,1-4H3. The van der Waals surface area contributed by atoms with Crippen molar-refractivity contribution in [1.29, 1.82) is 0 Å². The molecule has 1 atom stereocenters. The van der Waals surface area contributed by atoms with Gasteiger partial charge in [0.2, 0.25) is 0 Å². The normalized spacial score (nSPS) is 18.0. The van der Waals surface area contributed by atoms with Gasteiger partial charge in [0.25, 0.3) is 0 Å². The minimum Gasteiger partial charge on any atom is -0.493 e. The maximum Gasteiger partial charge on any atom is 0.124 e. The van der Waals surface area contributed by atoms with Crippen molar-refractivity contribution in [3.8, 4) is 5.75 Å². The third-order valence-electron chi connectivity index (χ3n) is 3.88. The molecular weight excluding hydrogens is 272 g/mol. The lowest BCUT2D eigenvalue weighted by molar-refractivity contribution is 0.250. The van der Waals surface area contributed by atoms with Crippen LogP contribution in [-0.2, 0) is 0 Å². The number of halogens is 1. The average Bonchev–Trinajstić information content (AvgIpc) is 2.40. The van der Waals surface area contributed by atoms with Gasteiger partial charge in [0.15, 0.2) is 0 Å². The molecule has 0 radical (unpaired) electrons. The zero-order valence-corrected chi connectivity index (χ0v) is 13.7. The lowest BCUT2D eigenvalue weighted by Gasteiger charge is -2.29. The van der Waals surface area contributed by atoms with Crippen LogP contribution in [0.1, 0.15) is 35.6 Å². The van der Waals surface area contributed by atoms with Crippen molar-refractivity contribution in [1.82, 2.24) is 10.2 Å². The van der Waals surface area contributed by atoms with E-state index in [0.717, 1.165) is 54.4 Å². The minimum absolute atomic E-state index is 0.360. The van der Waals surface area contributed by atoms with Crippen LogP contribution >= 0.6 is 11.6 Å². The van der Waals surface area contributed by atoms with E-state index in [1.54, 1.807) is 0 Å². The molecule has 2 rings (SSSR count). The highest BCUT2D eigenvalue weighted by atomic mass is 35.5. The van der Waals surface area contributed by atoms with Crippen LogP contribution in [0.3, 0.4) is 0 Å². The topological polar surface area (TPSA) is 24.5 Å². The van der Waals surface area contributed by atoms with Gasteiger partial charge in [0, 0.05) is 23.0 Å². The summed E-state index contributed by atoms with van der Waals surface area (Å²) in [6.07, 6.45) is 2.16. The largest absolute Gasteiger partial charge is 0.493 e. The summed E-state index contributed by atoms with van der Waals surface area (Å²) < 4.78 is 5.81. The quantitative estimate of drug-likeness (QED) is 0.844. The van der Waals surface area contributed by atoms with Crippen molar-refractivity contribution in [3.05, 3.63) is 27.8 Å². The molecule has 1 aliphatic heterocycles. The van der Waals surface area contributed by atoms with Gasteiger partial charge in [0.1, 0.15) is 5.75 Å². The molecule has 0 amide bonds. The number of hydrogen-bond donors (Lipinski definition) is 1. The molecular formula is C16H25ClN2O. The number of aryl methyl sites for hydroxylation is 1. The number of fused-ring (bicyclic) bond motifs is 1. The van der Waals surface area contributed by atoms with Crippen LogP contribution in [0.4, 0.5) is 0 Å². The highest BCUT2D eigenvalue weighted by Gasteiger charge is 2.25. The Balaban J connectivity index is 2.10. The summed E-state index contributed by atoms with van der Waals surface area (Å²) in [5.74, 6) is 1.00. The molecule has 1 aromatic carbocycles. The fraction of sp³-hybridized carbons (Fsp3) is 0.625. The molecule has 0 aliphatic carbocycles. The first-order valence-corrected chi connectivity index (χ1v) is 7.69. The Morgan fingerprint density at radius 3 is 2.85 bits per heavy atom. The van der Waals surface area contributed by atoms with Crippen LogP contribution < -0.4 is 10.1 Å². The fourth-order valence-corrected chi connectivity index (χ4v) is 2.95. The van der Waals surface area contributed by atoms with E-state index in [-0.39, 0.29) is 0 Å². The number of nitrogens with one attached hydrogen (secondary N) is 1. The monoisotopic (exact) mass is 296 g/mol. The zero-order chi connectivity index (χ0) is 14.7. The lowest BCUT2D eigenvalue weighted by atomic mass is 9.94. The van der Waals surface area contributed by atoms with Gasteiger partial charge in [0.05, 0.1) is 6.61 Å². The van der Waals surface area contributed by atoms with Crippen molar-refractivity contribution in [2.45, 2.75) is 32.7 Å². The van der Waals surface area contributed by atoms with Crippen LogP contribution in [0.2, 0.25) is 5.02 Å². The summed E-state index contributed by atoms with van der Waals surface area (Å²) in [5, 5.41) is 4.53. The summed E-state index contributed by atoms with van der Waals surface area (Å²) in [6, 6.07) is 2.43. The third kappa shape index (κ3) is 3.46. The van der Waals surface area contributed by atoms with Crippen molar-refractivity contribution in [2.75, 3.05) is 33.8 Å². The van der Waals surface area contributed by atoms with E-state index in [1.807, 2.05) is 6.92 Å². The molecule has 3 nitrogen and oxygen atoms in total. The Kier molecular flexibility index (Phi) is 5.30. The Hall–Kier alpha value is -0.770. The molecule has 0 saturated carbocycles. The molecule has 1 heterocycles. The van der Waals surface area contributed by atoms with E-state index in [1.165, 1.54) is 5.56 Å². The van der Waals surface area contributed by atoms with E-state index in [9.17, 15) is 0 Å². The first kappa shape index (κ1) is 15.6. The van der Waals surface area contributed by atoms with Gasteiger partial charge < -0.3 is 15.0 Å². The van der Waals surface area contributed by atoms with Crippen LogP contribution in [-0.4, -0.2) is 38.7 Å². The molecule has 1 unspecified atom stereocenters. The second-order valence-electron chi connectivity index (χ2n) is 5.84. The van der Waals surface area contributed by atoms with Gasteiger partial charge in [-0.15, -0.1) is 0 Å². The van der Waals surface area contributed by atoms with Crippen LogP contribution in [0.25, 0.3) is 0 Å². The second-order valence-corrected chi connectivity index (χ2v) is 6.22.